The minimum atomic E-state index is -0.519. The number of aromatic nitrogens is 2. The fourth-order valence-electron chi connectivity index (χ4n) is 3.03. The number of fused-ring (bicyclic) bond motifs is 1. The van der Waals surface area contributed by atoms with Crippen molar-refractivity contribution < 1.29 is 18.4 Å². The number of furan rings is 1. The van der Waals surface area contributed by atoms with Gasteiger partial charge in [-0.15, -0.1) is 0 Å². The van der Waals surface area contributed by atoms with E-state index < -0.39 is 11.7 Å². The van der Waals surface area contributed by atoms with Crippen molar-refractivity contribution >= 4 is 17.6 Å². The highest BCUT2D eigenvalue weighted by Gasteiger charge is 2.29. The summed E-state index contributed by atoms with van der Waals surface area (Å²) in [4.78, 5) is 32.9. The molecule has 1 aliphatic carbocycles. The number of hydrogen-bond donors (Lipinski definition) is 1. The number of nitrogens with zero attached hydrogens (tertiary/aromatic N) is 2. The highest BCUT2D eigenvalue weighted by Crippen LogP contribution is 2.32. The van der Waals surface area contributed by atoms with Crippen molar-refractivity contribution in [2.45, 2.75) is 18.8 Å². The summed E-state index contributed by atoms with van der Waals surface area (Å²) in [7, 11) is 0. The first-order chi connectivity index (χ1) is 12.6. The molecule has 1 aromatic carbocycles. The lowest BCUT2D eigenvalue weighted by atomic mass is 9.85. The van der Waals surface area contributed by atoms with E-state index in [1.807, 2.05) is 6.07 Å². The molecule has 0 radical (unpaired) electrons. The lowest BCUT2D eigenvalue weighted by Crippen LogP contribution is -2.22. The van der Waals surface area contributed by atoms with Gasteiger partial charge in [0.05, 0.1) is 17.5 Å². The lowest BCUT2D eigenvalue weighted by Gasteiger charge is -2.21. The van der Waals surface area contributed by atoms with Crippen molar-refractivity contribution in [2.75, 3.05) is 5.32 Å². The van der Waals surface area contributed by atoms with Gasteiger partial charge in [-0.3, -0.25) is 14.9 Å². The maximum atomic E-state index is 13.3. The molecule has 1 atom stereocenters. The first-order valence-corrected chi connectivity index (χ1v) is 8.09. The van der Waals surface area contributed by atoms with Gasteiger partial charge >= 0.3 is 0 Å². The van der Waals surface area contributed by atoms with Crippen molar-refractivity contribution in [1.29, 1.82) is 0 Å². The summed E-state index contributed by atoms with van der Waals surface area (Å²) in [6.45, 7) is 0. The average Bonchev–Trinajstić information content (AvgIpc) is 3.16. The van der Waals surface area contributed by atoms with Gasteiger partial charge in [0.25, 0.3) is 5.91 Å². The van der Waals surface area contributed by atoms with E-state index in [0.717, 1.165) is 11.8 Å². The number of anilines is 1. The Kier molecular flexibility index (Phi) is 4.04. The molecule has 0 fully saturated rings. The Morgan fingerprint density at radius 2 is 2.12 bits per heavy atom. The summed E-state index contributed by atoms with van der Waals surface area (Å²) in [5, 5.41) is 2.54. The molecule has 2 aromatic heterocycles. The minimum absolute atomic E-state index is 0.0596. The molecule has 6 nitrogen and oxygen atoms in total. The maximum Gasteiger partial charge on any atom is 0.258 e. The standard InChI is InChI=1S/C19H14FN3O3/c20-13-4-1-3-11(7-13)18(25)23-19-21-10-14-15(22-19)8-12(9-16(14)24)17-5-2-6-26-17/h1-7,10,12H,8-9H2,(H,21,22,23,25). The Labute approximate surface area is 148 Å². The molecule has 7 heteroatoms. The number of nitrogens with one attached hydrogen (secondary N) is 1. The molecule has 0 saturated carbocycles. The van der Waals surface area contributed by atoms with Crippen LogP contribution in [0.25, 0.3) is 0 Å². The van der Waals surface area contributed by atoms with Crippen LogP contribution in [0, 0.1) is 5.82 Å². The van der Waals surface area contributed by atoms with Crippen molar-refractivity contribution in [3.05, 3.63) is 77.3 Å². The van der Waals surface area contributed by atoms with Gasteiger partial charge < -0.3 is 4.42 Å². The van der Waals surface area contributed by atoms with Gasteiger partial charge in [0.1, 0.15) is 11.6 Å². The highest BCUT2D eigenvalue weighted by molar-refractivity contribution is 6.03. The van der Waals surface area contributed by atoms with E-state index in [1.165, 1.54) is 24.4 Å². The zero-order chi connectivity index (χ0) is 18.1. The molecular formula is C19H14FN3O3. The second-order valence-corrected chi connectivity index (χ2v) is 6.06. The molecule has 1 amide bonds. The summed E-state index contributed by atoms with van der Waals surface area (Å²) >= 11 is 0. The number of Topliss-reactive ketones (excluding diaryl/α,β-unsaturated/α-hetero) is 1. The number of rotatable bonds is 3. The number of amides is 1. The van der Waals surface area contributed by atoms with E-state index in [-0.39, 0.29) is 23.2 Å². The molecule has 4 rings (SSSR count). The van der Waals surface area contributed by atoms with Crippen LogP contribution in [0.2, 0.25) is 0 Å². The number of ketones is 1. The molecule has 1 N–H and O–H groups in total. The van der Waals surface area contributed by atoms with Crippen molar-refractivity contribution in [1.82, 2.24) is 9.97 Å². The van der Waals surface area contributed by atoms with E-state index in [2.05, 4.69) is 15.3 Å². The Hall–Kier alpha value is -3.35. The zero-order valence-corrected chi connectivity index (χ0v) is 13.6. The van der Waals surface area contributed by atoms with Gasteiger partial charge in [0, 0.05) is 30.5 Å². The summed E-state index contributed by atoms with van der Waals surface area (Å²) in [6.07, 6.45) is 3.84. The zero-order valence-electron chi connectivity index (χ0n) is 13.6. The molecule has 130 valence electrons. The van der Waals surface area contributed by atoms with E-state index in [0.29, 0.717) is 24.1 Å². The fourth-order valence-corrected chi connectivity index (χ4v) is 3.03. The van der Waals surface area contributed by atoms with E-state index in [4.69, 9.17) is 4.42 Å². The largest absolute Gasteiger partial charge is 0.469 e. The number of benzene rings is 1. The lowest BCUT2D eigenvalue weighted by molar-refractivity contribution is 0.0958. The third-order valence-electron chi connectivity index (χ3n) is 4.30. The van der Waals surface area contributed by atoms with Crippen LogP contribution >= 0.6 is 0 Å². The monoisotopic (exact) mass is 351 g/mol. The summed E-state index contributed by atoms with van der Waals surface area (Å²) in [5.41, 5.74) is 1.18. The molecule has 3 aromatic rings. The topological polar surface area (TPSA) is 85.1 Å². The average molecular weight is 351 g/mol. The van der Waals surface area contributed by atoms with Crippen LogP contribution in [0.15, 0.2) is 53.3 Å². The fraction of sp³-hybridized carbons (Fsp3) is 0.158. The van der Waals surface area contributed by atoms with Crippen molar-refractivity contribution in [2.24, 2.45) is 0 Å². The molecule has 1 aliphatic rings. The number of hydrogen-bond acceptors (Lipinski definition) is 5. The summed E-state index contributed by atoms with van der Waals surface area (Å²) in [6, 6.07) is 8.94. The third-order valence-corrected chi connectivity index (χ3v) is 4.30. The normalized spacial score (nSPS) is 16.2. The predicted molar refractivity (Wildman–Crippen MR) is 90.5 cm³/mol. The van der Waals surface area contributed by atoms with Crippen LogP contribution < -0.4 is 5.32 Å². The predicted octanol–water partition coefficient (Wildman–Crippen LogP) is 3.37. The van der Waals surface area contributed by atoms with Gasteiger partial charge in [0.2, 0.25) is 5.95 Å². The summed E-state index contributed by atoms with van der Waals surface area (Å²) in [5.74, 6) is -0.369. The van der Waals surface area contributed by atoms with Crippen LogP contribution in [0.4, 0.5) is 10.3 Å². The number of carbonyl (C=O) groups excluding carboxylic acids is 2. The molecule has 0 spiro atoms. The Bertz CT molecular complexity index is 985. The van der Waals surface area contributed by atoms with E-state index in [9.17, 15) is 14.0 Å². The molecule has 0 saturated heterocycles. The van der Waals surface area contributed by atoms with Crippen molar-refractivity contribution in [3.63, 3.8) is 0 Å². The van der Waals surface area contributed by atoms with E-state index >= 15 is 0 Å². The molecular weight excluding hydrogens is 337 g/mol. The first-order valence-electron chi connectivity index (χ1n) is 8.09. The van der Waals surface area contributed by atoms with Crippen LogP contribution in [0.1, 0.15) is 44.5 Å². The first kappa shape index (κ1) is 16.1. The van der Waals surface area contributed by atoms with Gasteiger partial charge in [-0.25, -0.2) is 14.4 Å². The number of halogens is 1. The van der Waals surface area contributed by atoms with Gasteiger partial charge in [0.15, 0.2) is 5.78 Å². The molecule has 26 heavy (non-hydrogen) atoms. The smallest absolute Gasteiger partial charge is 0.258 e. The molecule has 1 unspecified atom stereocenters. The van der Waals surface area contributed by atoms with Crippen LogP contribution in [-0.2, 0) is 6.42 Å². The summed E-state index contributed by atoms with van der Waals surface area (Å²) < 4.78 is 18.7. The maximum absolute atomic E-state index is 13.3. The van der Waals surface area contributed by atoms with Gasteiger partial charge in [-0.05, 0) is 30.3 Å². The minimum Gasteiger partial charge on any atom is -0.469 e. The quantitative estimate of drug-likeness (QED) is 0.782. The van der Waals surface area contributed by atoms with Crippen LogP contribution in [-0.4, -0.2) is 21.7 Å². The van der Waals surface area contributed by atoms with Crippen molar-refractivity contribution in [3.8, 4) is 0 Å². The van der Waals surface area contributed by atoms with Crippen LogP contribution in [0.3, 0.4) is 0 Å². The Balaban J connectivity index is 1.58. The van der Waals surface area contributed by atoms with Gasteiger partial charge in [-0.1, -0.05) is 6.07 Å². The molecule has 0 bridgehead atoms. The molecule has 0 aliphatic heterocycles. The second-order valence-electron chi connectivity index (χ2n) is 6.06. The highest BCUT2D eigenvalue weighted by atomic mass is 19.1. The SMILES string of the molecule is O=C(Nc1ncc2c(n1)CC(c1ccco1)CC2=O)c1cccc(F)c1. The van der Waals surface area contributed by atoms with E-state index in [1.54, 1.807) is 12.3 Å². The van der Waals surface area contributed by atoms with Gasteiger partial charge in [-0.2, -0.15) is 0 Å². The Morgan fingerprint density at radius 1 is 1.23 bits per heavy atom. The number of carbonyl (C=O) groups is 2. The second kappa shape index (κ2) is 6.51. The Morgan fingerprint density at radius 3 is 2.88 bits per heavy atom. The van der Waals surface area contributed by atoms with Crippen LogP contribution in [0.5, 0.6) is 0 Å². The molecule has 2 heterocycles. The third kappa shape index (κ3) is 3.11.